The molecule has 0 aliphatic carbocycles. The van der Waals surface area contributed by atoms with E-state index < -0.39 is 0 Å². The molecule has 0 radical (unpaired) electrons. The number of hydrogen-bond acceptors (Lipinski definition) is 4. The minimum Gasteiger partial charge on any atom is -0.325 e. The highest BCUT2D eigenvalue weighted by molar-refractivity contribution is 8.00. The van der Waals surface area contributed by atoms with Gasteiger partial charge in [-0.3, -0.25) is 9.36 Å². The van der Waals surface area contributed by atoms with Crippen molar-refractivity contribution in [1.82, 2.24) is 14.8 Å². The number of thioether (sulfide) groups is 1. The first-order valence-electron chi connectivity index (χ1n) is 8.47. The molecular formula is C20H22N4OS. The topological polar surface area (TPSA) is 59.8 Å². The minimum absolute atomic E-state index is 0.0602. The molecule has 0 aliphatic heterocycles. The van der Waals surface area contributed by atoms with Crippen LogP contribution in [-0.2, 0) is 4.79 Å². The smallest absolute Gasteiger partial charge is 0.237 e. The third-order valence-corrected chi connectivity index (χ3v) is 5.10. The fraction of sp³-hybridized carbons (Fsp3) is 0.250. The lowest BCUT2D eigenvalue weighted by molar-refractivity contribution is -0.115. The summed E-state index contributed by atoms with van der Waals surface area (Å²) in [7, 11) is 0. The van der Waals surface area contributed by atoms with E-state index in [1.807, 2.05) is 61.7 Å². The summed E-state index contributed by atoms with van der Waals surface area (Å²) in [4.78, 5) is 12.5. The molecule has 0 bridgehead atoms. The van der Waals surface area contributed by atoms with Gasteiger partial charge >= 0.3 is 0 Å². The lowest BCUT2D eigenvalue weighted by Crippen LogP contribution is -2.22. The third-order valence-electron chi connectivity index (χ3n) is 4.06. The summed E-state index contributed by atoms with van der Waals surface area (Å²) in [6.07, 6.45) is 0. The normalized spacial score (nSPS) is 12.0. The fourth-order valence-corrected chi connectivity index (χ4v) is 3.42. The highest BCUT2D eigenvalue weighted by Crippen LogP contribution is 2.26. The average molecular weight is 366 g/mol. The second-order valence-electron chi connectivity index (χ2n) is 6.32. The number of anilines is 1. The van der Waals surface area contributed by atoms with Crippen LogP contribution in [0.15, 0.2) is 53.7 Å². The van der Waals surface area contributed by atoms with Gasteiger partial charge in [-0.05, 0) is 52.0 Å². The molecule has 3 rings (SSSR count). The van der Waals surface area contributed by atoms with Crippen LogP contribution in [0.25, 0.3) is 5.69 Å². The van der Waals surface area contributed by atoms with Gasteiger partial charge in [0.15, 0.2) is 5.16 Å². The van der Waals surface area contributed by atoms with Crippen LogP contribution in [0.3, 0.4) is 0 Å². The monoisotopic (exact) mass is 366 g/mol. The molecule has 0 fully saturated rings. The van der Waals surface area contributed by atoms with Gasteiger partial charge in [0.05, 0.1) is 5.25 Å². The van der Waals surface area contributed by atoms with Crippen molar-refractivity contribution in [2.24, 2.45) is 0 Å². The summed E-state index contributed by atoms with van der Waals surface area (Å²) in [6, 6.07) is 15.9. The zero-order valence-corrected chi connectivity index (χ0v) is 16.2. The van der Waals surface area contributed by atoms with Crippen molar-refractivity contribution in [1.29, 1.82) is 0 Å². The van der Waals surface area contributed by atoms with E-state index in [9.17, 15) is 4.79 Å². The van der Waals surface area contributed by atoms with E-state index in [1.165, 1.54) is 17.3 Å². The number of aromatic nitrogens is 3. The largest absolute Gasteiger partial charge is 0.325 e. The molecule has 0 aliphatic rings. The zero-order chi connectivity index (χ0) is 18.7. The first kappa shape index (κ1) is 18.2. The number of hydrogen-bond donors (Lipinski definition) is 1. The number of aryl methyl sites for hydroxylation is 3. The van der Waals surface area contributed by atoms with Gasteiger partial charge in [-0.1, -0.05) is 47.2 Å². The van der Waals surface area contributed by atoms with Gasteiger partial charge in [-0.25, -0.2) is 0 Å². The molecule has 134 valence electrons. The Balaban J connectivity index is 1.75. The van der Waals surface area contributed by atoms with Crippen LogP contribution in [0, 0.1) is 20.8 Å². The van der Waals surface area contributed by atoms with Gasteiger partial charge in [0.2, 0.25) is 5.91 Å². The van der Waals surface area contributed by atoms with Crippen LogP contribution < -0.4 is 5.32 Å². The van der Waals surface area contributed by atoms with Gasteiger partial charge in [-0.2, -0.15) is 0 Å². The van der Waals surface area contributed by atoms with Crippen molar-refractivity contribution in [3.63, 3.8) is 0 Å². The maximum atomic E-state index is 12.5. The molecule has 6 heteroatoms. The van der Waals surface area contributed by atoms with Gasteiger partial charge in [-0.15, -0.1) is 10.2 Å². The van der Waals surface area contributed by atoms with Crippen LogP contribution in [0.4, 0.5) is 5.69 Å². The minimum atomic E-state index is -0.302. The number of amides is 1. The predicted molar refractivity (Wildman–Crippen MR) is 106 cm³/mol. The average Bonchev–Trinajstić information content (AvgIpc) is 2.98. The molecule has 1 heterocycles. The van der Waals surface area contributed by atoms with Crippen LogP contribution in [0.2, 0.25) is 0 Å². The Morgan fingerprint density at radius 2 is 1.54 bits per heavy atom. The van der Waals surface area contributed by atoms with Crippen molar-refractivity contribution in [2.45, 2.75) is 38.1 Å². The van der Waals surface area contributed by atoms with Crippen molar-refractivity contribution in [3.05, 3.63) is 65.5 Å². The summed E-state index contributed by atoms with van der Waals surface area (Å²) in [6.45, 7) is 7.85. The summed E-state index contributed by atoms with van der Waals surface area (Å²) < 4.78 is 1.97. The Labute approximate surface area is 157 Å². The SMILES string of the molecule is Cc1ccc(NC(=O)[C@H](C)Sc2nnc(C)n2-c2ccc(C)cc2)cc1. The predicted octanol–water partition coefficient (Wildman–Crippen LogP) is 4.31. The van der Waals surface area contributed by atoms with Crippen LogP contribution in [0.1, 0.15) is 23.9 Å². The van der Waals surface area contributed by atoms with Gasteiger partial charge in [0.25, 0.3) is 0 Å². The number of benzene rings is 2. The highest BCUT2D eigenvalue weighted by atomic mass is 32.2. The quantitative estimate of drug-likeness (QED) is 0.684. The van der Waals surface area contributed by atoms with Crippen molar-refractivity contribution < 1.29 is 4.79 Å². The summed E-state index contributed by atoms with van der Waals surface area (Å²) in [5.74, 6) is 0.734. The molecule has 3 aromatic rings. The Kier molecular flexibility index (Phi) is 5.42. The molecule has 0 spiro atoms. The number of carbonyl (C=O) groups is 1. The molecule has 1 amide bonds. The first-order valence-corrected chi connectivity index (χ1v) is 9.35. The second-order valence-corrected chi connectivity index (χ2v) is 7.62. The molecule has 26 heavy (non-hydrogen) atoms. The van der Waals surface area contributed by atoms with Gasteiger partial charge in [0, 0.05) is 11.4 Å². The Morgan fingerprint density at radius 3 is 2.15 bits per heavy atom. The van der Waals surface area contributed by atoms with E-state index in [1.54, 1.807) is 0 Å². The summed E-state index contributed by atoms with van der Waals surface area (Å²) in [5, 5.41) is 11.8. The lowest BCUT2D eigenvalue weighted by atomic mass is 10.2. The Bertz CT molecular complexity index is 901. The maximum Gasteiger partial charge on any atom is 0.237 e. The molecular weight excluding hydrogens is 344 g/mol. The first-order chi connectivity index (χ1) is 12.4. The summed E-state index contributed by atoms with van der Waals surface area (Å²) >= 11 is 1.40. The van der Waals surface area contributed by atoms with Crippen molar-refractivity contribution in [2.75, 3.05) is 5.32 Å². The standard InChI is InChI=1S/C20H22N4OS/c1-13-5-9-17(10-6-13)21-19(25)15(3)26-20-23-22-16(4)24(20)18-11-7-14(2)8-12-18/h5-12,15H,1-4H3,(H,21,25)/t15-/m0/s1. The van der Waals surface area contributed by atoms with Crippen LogP contribution >= 0.6 is 11.8 Å². The zero-order valence-electron chi connectivity index (χ0n) is 15.4. The van der Waals surface area contributed by atoms with E-state index in [-0.39, 0.29) is 11.2 Å². The van der Waals surface area contributed by atoms with Crippen LogP contribution in [0.5, 0.6) is 0 Å². The summed E-state index contributed by atoms with van der Waals surface area (Å²) in [5.41, 5.74) is 4.14. The van der Waals surface area contributed by atoms with E-state index in [0.29, 0.717) is 5.16 Å². The van der Waals surface area contributed by atoms with Crippen molar-refractivity contribution in [3.8, 4) is 5.69 Å². The van der Waals surface area contributed by atoms with Gasteiger partial charge < -0.3 is 5.32 Å². The molecule has 1 N–H and O–H groups in total. The van der Waals surface area contributed by atoms with E-state index in [4.69, 9.17) is 0 Å². The molecule has 5 nitrogen and oxygen atoms in total. The third kappa shape index (κ3) is 4.14. The van der Waals surface area contributed by atoms with E-state index >= 15 is 0 Å². The second kappa shape index (κ2) is 7.74. The number of carbonyl (C=O) groups excluding carboxylic acids is 1. The number of nitrogens with one attached hydrogen (secondary N) is 1. The molecule has 0 saturated carbocycles. The number of rotatable bonds is 5. The molecule has 0 unspecified atom stereocenters. The van der Waals surface area contributed by atoms with Gasteiger partial charge in [0.1, 0.15) is 5.82 Å². The van der Waals surface area contributed by atoms with Crippen molar-refractivity contribution >= 4 is 23.4 Å². The maximum absolute atomic E-state index is 12.5. The molecule has 1 atom stereocenters. The molecule has 1 aromatic heterocycles. The fourth-order valence-electron chi connectivity index (χ4n) is 2.50. The Hall–Kier alpha value is -2.60. The molecule has 2 aromatic carbocycles. The molecule has 0 saturated heterocycles. The number of nitrogens with zero attached hydrogens (tertiary/aromatic N) is 3. The van der Waals surface area contributed by atoms with Crippen LogP contribution in [-0.4, -0.2) is 25.9 Å². The highest BCUT2D eigenvalue weighted by Gasteiger charge is 2.20. The Morgan fingerprint density at radius 1 is 0.962 bits per heavy atom. The lowest BCUT2D eigenvalue weighted by Gasteiger charge is -2.13. The van der Waals surface area contributed by atoms with E-state index in [0.717, 1.165) is 22.8 Å². The van der Waals surface area contributed by atoms with E-state index in [2.05, 4.69) is 34.6 Å².